The van der Waals surface area contributed by atoms with E-state index in [9.17, 15) is 10.1 Å². The molecule has 144 valence electrons. The number of likely N-dealkylation sites (tertiary alicyclic amines) is 1. The number of methoxy groups -OCH3 is 1. The van der Waals surface area contributed by atoms with E-state index < -0.39 is 0 Å². The van der Waals surface area contributed by atoms with Gasteiger partial charge in [-0.05, 0) is 58.1 Å². The van der Waals surface area contributed by atoms with Crippen LogP contribution in [0, 0.1) is 11.3 Å². The average molecular weight is 441 g/mol. The maximum atomic E-state index is 12.5. The number of amides is 1. The van der Waals surface area contributed by atoms with Gasteiger partial charge in [-0.25, -0.2) is 0 Å². The highest BCUT2D eigenvalue weighted by molar-refractivity contribution is 9.10. The van der Waals surface area contributed by atoms with Crippen molar-refractivity contribution >= 4 is 27.9 Å². The molecule has 1 aliphatic rings. The van der Waals surface area contributed by atoms with Crippen LogP contribution in [0.5, 0.6) is 11.5 Å². The highest BCUT2D eigenvalue weighted by Crippen LogP contribution is 2.37. The molecule has 5 nitrogen and oxygen atoms in total. The van der Waals surface area contributed by atoms with Crippen molar-refractivity contribution in [3.8, 4) is 17.6 Å². The Morgan fingerprint density at radius 1 is 1.25 bits per heavy atom. The lowest BCUT2D eigenvalue weighted by molar-refractivity contribution is -0.125. The average Bonchev–Trinajstić information content (AvgIpc) is 3.26. The van der Waals surface area contributed by atoms with Crippen LogP contribution >= 0.6 is 15.9 Å². The fourth-order valence-electron chi connectivity index (χ4n) is 3.09. The molecule has 6 heteroatoms. The number of rotatable bonds is 6. The van der Waals surface area contributed by atoms with Crippen LogP contribution in [0.15, 0.2) is 52.5 Å². The van der Waals surface area contributed by atoms with Gasteiger partial charge < -0.3 is 14.4 Å². The fraction of sp³-hybridized carbons (Fsp3) is 0.273. The number of carbonyl (C=O) groups excluding carboxylic acids is 1. The number of benzene rings is 2. The molecule has 1 amide bonds. The number of nitriles is 1. The van der Waals surface area contributed by atoms with Gasteiger partial charge in [0, 0.05) is 13.1 Å². The first-order valence-corrected chi connectivity index (χ1v) is 9.87. The zero-order valence-electron chi connectivity index (χ0n) is 15.7. The molecule has 0 atom stereocenters. The summed E-state index contributed by atoms with van der Waals surface area (Å²) in [7, 11) is 1.56. The topological polar surface area (TPSA) is 62.6 Å². The Morgan fingerprint density at radius 3 is 2.61 bits per heavy atom. The Kier molecular flexibility index (Phi) is 6.72. The highest BCUT2D eigenvalue weighted by atomic mass is 79.9. The maximum absolute atomic E-state index is 12.5. The van der Waals surface area contributed by atoms with Crippen molar-refractivity contribution in [3.63, 3.8) is 0 Å². The molecule has 2 aromatic carbocycles. The minimum absolute atomic E-state index is 0.119. The van der Waals surface area contributed by atoms with Gasteiger partial charge in [-0.1, -0.05) is 30.3 Å². The van der Waals surface area contributed by atoms with Crippen molar-refractivity contribution in [3.05, 3.63) is 63.6 Å². The van der Waals surface area contributed by atoms with Gasteiger partial charge in [-0.15, -0.1) is 0 Å². The SMILES string of the molecule is COc1cc(/C=C(\C#N)C(=O)N2CCCC2)cc(Br)c1OCc1ccccc1. The van der Waals surface area contributed by atoms with Gasteiger partial charge in [0.1, 0.15) is 18.2 Å². The van der Waals surface area contributed by atoms with Crippen molar-refractivity contribution in [2.45, 2.75) is 19.4 Å². The summed E-state index contributed by atoms with van der Waals surface area (Å²) in [5.74, 6) is 0.884. The molecule has 1 heterocycles. The van der Waals surface area contributed by atoms with Gasteiger partial charge in [0.25, 0.3) is 5.91 Å². The van der Waals surface area contributed by atoms with Gasteiger partial charge in [0.2, 0.25) is 0 Å². The second kappa shape index (κ2) is 9.43. The zero-order valence-corrected chi connectivity index (χ0v) is 17.2. The van der Waals surface area contributed by atoms with Gasteiger partial charge in [0.15, 0.2) is 11.5 Å². The van der Waals surface area contributed by atoms with Crippen molar-refractivity contribution < 1.29 is 14.3 Å². The number of ether oxygens (including phenoxy) is 2. The molecule has 0 N–H and O–H groups in total. The van der Waals surface area contributed by atoms with E-state index >= 15 is 0 Å². The molecule has 1 aliphatic heterocycles. The van der Waals surface area contributed by atoms with Crippen molar-refractivity contribution in [2.24, 2.45) is 0 Å². The summed E-state index contributed by atoms with van der Waals surface area (Å²) in [5, 5.41) is 9.45. The van der Waals surface area contributed by atoms with E-state index in [4.69, 9.17) is 9.47 Å². The molecule has 0 unspecified atom stereocenters. The summed E-state index contributed by atoms with van der Waals surface area (Å²) in [6, 6.07) is 15.5. The molecule has 0 aromatic heterocycles. The van der Waals surface area contributed by atoms with E-state index in [-0.39, 0.29) is 11.5 Å². The highest BCUT2D eigenvalue weighted by Gasteiger charge is 2.22. The first-order chi connectivity index (χ1) is 13.6. The first-order valence-electron chi connectivity index (χ1n) is 9.07. The van der Waals surface area contributed by atoms with Crippen LogP contribution in [0.1, 0.15) is 24.0 Å². The largest absolute Gasteiger partial charge is 0.493 e. The summed E-state index contributed by atoms with van der Waals surface area (Å²) >= 11 is 3.52. The summed E-state index contributed by atoms with van der Waals surface area (Å²) in [6.07, 6.45) is 3.56. The molecule has 0 saturated carbocycles. The maximum Gasteiger partial charge on any atom is 0.264 e. The Balaban J connectivity index is 1.83. The van der Waals surface area contributed by atoms with Gasteiger partial charge >= 0.3 is 0 Å². The number of carbonyl (C=O) groups is 1. The lowest BCUT2D eigenvalue weighted by atomic mass is 10.1. The Hall–Kier alpha value is -2.78. The third-order valence-corrected chi connectivity index (χ3v) is 5.12. The molecule has 0 radical (unpaired) electrons. The van der Waals surface area contributed by atoms with Crippen LogP contribution in [-0.4, -0.2) is 31.0 Å². The third-order valence-electron chi connectivity index (χ3n) is 4.53. The molecule has 2 aromatic rings. The van der Waals surface area contributed by atoms with E-state index in [0.717, 1.165) is 18.4 Å². The molecule has 0 bridgehead atoms. The van der Waals surface area contributed by atoms with Crippen molar-refractivity contribution in [1.29, 1.82) is 5.26 Å². The molecule has 3 rings (SSSR count). The molecular formula is C22H21BrN2O3. The fourth-order valence-corrected chi connectivity index (χ4v) is 3.67. The van der Waals surface area contributed by atoms with Gasteiger partial charge in [-0.3, -0.25) is 4.79 Å². The molecule has 0 aliphatic carbocycles. The predicted octanol–water partition coefficient (Wildman–Crippen LogP) is 4.57. The van der Waals surface area contributed by atoms with Crippen LogP contribution in [0.3, 0.4) is 0 Å². The molecular weight excluding hydrogens is 420 g/mol. The van der Waals surface area contributed by atoms with Crippen molar-refractivity contribution in [1.82, 2.24) is 4.90 Å². The van der Waals surface area contributed by atoms with E-state index in [1.54, 1.807) is 24.2 Å². The van der Waals surface area contributed by atoms with E-state index in [2.05, 4.69) is 15.9 Å². The Labute approximate surface area is 173 Å². The predicted molar refractivity (Wildman–Crippen MR) is 111 cm³/mol. The molecule has 28 heavy (non-hydrogen) atoms. The van der Waals surface area contributed by atoms with E-state index in [0.29, 0.717) is 41.2 Å². The first kappa shape index (κ1) is 20.0. The van der Waals surface area contributed by atoms with Crippen LogP contribution < -0.4 is 9.47 Å². The lowest BCUT2D eigenvalue weighted by Gasteiger charge is -2.15. The van der Waals surface area contributed by atoms with Crippen LogP contribution in [-0.2, 0) is 11.4 Å². The van der Waals surface area contributed by atoms with Crippen LogP contribution in [0.4, 0.5) is 0 Å². The molecule has 1 fully saturated rings. The standard InChI is InChI=1S/C22H21BrN2O3/c1-27-20-13-17(11-18(14-24)22(26)25-9-5-6-10-25)12-19(23)21(20)28-15-16-7-3-2-4-8-16/h2-4,7-8,11-13H,5-6,9-10,15H2,1H3/b18-11+. The van der Waals surface area contributed by atoms with Crippen molar-refractivity contribution in [2.75, 3.05) is 20.2 Å². The normalized spacial score (nSPS) is 13.9. The second-order valence-corrected chi connectivity index (χ2v) is 7.33. The molecule has 0 spiro atoms. The number of hydrogen-bond donors (Lipinski definition) is 0. The van der Waals surface area contributed by atoms with Gasteiger partial charge in [0.05, 0.1) is 11.6 Å². The number of hydrogen-bond acceptors (Lipinski definition) is 4. The smallest absolute Gasteiger partial charge is 0.264 e. The summed E-state index contributed by atoms with van der Waals surface area (Å²) in [5.41, 5.74) is 1.86. The van der Waals surface area contributed by atoms with Crippen LogP contribution in [0.25, 0.3) is 6.08 Å². The van der Waals surface area contributed by atoms with E-state index in [1.165, 1.54) is 0 Å². The quantitative estimate of drug-likeness (QED) is 0.487. The second-order valence-electron chi connectivity index (χ2n) is 6.48. The Bertz CT molecular complexity index is 913. The molecule has 1 saturated heterocycles. The minimum Gasteiger partial charge on any atom is -0.493 e. The van der Waals surface area contributed by atoms with E-state index in [1.807, 2.05) is 42.5 Å². The minimum atomic E-state index is -0.223. The number of nitrogens with zero attached hydrogens (tertiary/aromatic N) is 2. The summed E-state index contributed by atoms with van der Waals surface area (Å²) in [4.78, 5) is 14.2. The van der Waals surface area contributed by atoms with Gasteiger partial charge in [-0.2, -0.15) is 5.26 Å². The summed E-state index contributed by atoms with van der Waals surface area (Å²) in [6.45, 7) is 1.82. The lowest BCUT2D eigenvalue weighted by Crippen LogP contribution is -2.28. The number of halogens is 1. The summed E-state index contributed by atoms with van der Waals surface area (Å²) < 4.78 is 12.1. The Morgan fingerprint density at radius 2 is 1.96 bits per heavy atom. The monoisotopic (exact) mass is 440 g/mol. The van der Waals surface area contributed by atoms with Crippen LogP contribution in [0.2, 0.25) is 0 Å². The zero-order chi connectivity index (χ0) is 19.9. The third kappa shape index (κ3) is 4.73.